The van der Waals surface area contributed by atoms with Gasteiger partial charge in [0, 0.05) is 30.6 Å². The van der Waals surface area contributed by atoms with E-state index in [1.807, 2.05) is 51.1 Å². The molecule has 0 aliphatic carbocycles. The molecule has 0 spiro atoms. The van der Waals surface area contributed by atoms with Crippen LogP contribution in [0.25, 0.3) is 0 Å². The van der Waals surface area contributed by atoms with Crippen LogP contribution in [0.5, 0.6) is 0 Å². The first-order valence-corrected chi connectivity index (χ1v) is 9.89. The molecule has 28 heavy (non-hydrogen) atoms. The van der Waals surface area contributed by atoms with Crippen LogP contribution in [0.15, 0.2) is 48.5 Å². The van der Waals surface area contributed by atoms with Crippen LogP contribution in [-0.2, 0) is 16.0 Å². The molecule has 0 saturated heterocycles. The van der Waals surface area contributed by atoms with E-state index in [-0.39, 0.29) is 11.8 Å². The zero-order chi connectivity index (χ0) is 20.1. The second-order valence-corrected chi connectivity index (χ2v) is 8.21. The molecule has 1 heterocycles. The minimum Gasteiger partial charge on any atom is -0.356 e. The van der Waals surface area contributed by atoms with Gasteiger partial charge >= 0.3 is 0 Å². The van der Waals surface area contributed by atoms with Crippen LogP contribution in [0.1, 0.15) is 39.2 Å². The number of anilines is 3. The minimum atomic E-state index is -0.410. The van der Waals surface area contributed by atoms with Crippen LogP contribution < -0.4 is 15.5 Å². The number of hydrogen-bond acceptors (Lipinski definition) is 3. The van der Waals surface area contributed by atoms with Crippen LogP contribution in [0.2, 0.25) is 0 Å². The Kier molecular flexibility index (Phi) is 6.02. The zero-order valence-electron chi connectivity index (χ0n) is 16.9. The summed E-state index contributed by atoms with van der Waals surface area (Å²) in [5.74, 6) is -0.0316. The number of para-hydroxylation sites is 3. The first kappa shape index (κ1) is 19.9. The molecular formula is C23H29N3O2. The van der Waals surface area contributed by atoms with E-state index in [0.29, 0.717) is 19.4 Å². The highest BCUT2D eigenvalue weighted by atomic mass is 16.2. The van der Waals surface area contributed by atoms with Gasteiger partial charge < -0.3 is 15.5 Å². The summed E-state index contributed by atoms with van der Waals surface area (Å²) in [4.78, 5) is 26.6. The molecule has 0 radical (unpaired) electrons. The fraction of sp³-hybridized carbons (Fsp3) is 0.391. The summed E-state index contributed by atoms with van der Waals surface area (Å²) in [6.45, 7) is 7.04. The van der Waals surface area contributed by atoms with Gasteiger partial charge in [0.05, 0.1) is 11.4 Å². The molecule has 2 N–H and O–H groups in total. The minimum absolute atomic E-state index is 0.00551. The van der Waals surface area contributed by atoms with Crippen LogP contribution in [0, 0.1) is 5.41 Å². The summed E-state index contributed by atoms with van der Waals surface area (Å²) in [7, 11) is 0. The Balaban J connectivity index is 1.59. The number of fused-ring (bicyclic) bond motifs is 1. The Morgan fingerprint density at radius 2 is 1.68 bits per heavy atom. The Morgan fingerprint density at radius 3 is 2.43 bits per heavy atom. The number of carbonyl (C=O) groups is 2. The summed E-state index contributed by atoms with van der Waals surface area (Å²) in [5.41, 5.74) is 3.96. The molecule has 1 aliphatic rings. The van der Waals surface area contributed by atoms with Gasteiger partial charge in [-0.15, -0.1) is 0 Å². The SMILES string of the molecule is CC(C)(C)C(=O)NCCCC(=O)Nc1ccccc1N1CCc2ccccc21. The zero-order valence-corrected chi connectivity index (χ0v) is 16.9. The second kappa shape index (κ2) is 8.46. The molecule has 0 atom stereocenters. The standard InChI is InChI=1S/C23H29N3O2/c1-23(2,3)22(28)24-15-8-13-21(27)25-18-10-5-7-12-20(18)26-16-14-17-9-4-6-11-19(17)26/h4-7,9-12H,8,13-16H2,1-3H3,(H,24,28)(H,25,27). The van der Waals surface area contributed by atoms with Crippen molar-refractivity contribution in [2.75, 3.05) is 23.3 Å². The van der Waals surface area contributed by atoms with E-state index in [4.69, 9.17) is 0 Å². The number of rotatable bonds is 6. The third kappa shape index (κ3) is 4.71. The average molecular weight is 380 g/mol. The Hall–Kier alpha value is -2.82. The Labute approximate surface area is 167 Å². The van der Waals surface area contributed by atoms with Gasteiger partial charge in [0.1, 0.15) is 0 Å². The van der Waals surface area contributed by atoms with Crippen molar-refractivity contribution in [2.45, 2.75) is 40.0 Å². The van der Waals surface area contributed by atoms with Crippen molar-refractivity contribution in [1.82, 2.24) is 5.32 Å². The predicted octanol–water partition coefficient (Wildman–Crippen LogP) is 4.26. The molecule has 1 aliphatic heterocycles. The highest BCUT2D eigenvalue weighted by molar-refractivity contribution is 5.95. The molecule has 148 valence electrons. The number of amides is 2. The normalized spacial score (nSPS) is 13.2. The van der Waals surface area contributed by atoms with Gasteiger partial charge in [-0.2, -0.15) is 0 Å². The summed E-state index contributed by atoms with van der Waals surface area (Å²) >= 11 is 0. The number of nitrogens with zero attached hydrogens (tertiary/aromatic N) is 1. The number of carbonyl (C=O) groups excluding carboxylic acids is 2. The Bertz CT molecular complexity index is 855. The van der Waals surface area contributed by atoms with Crippen molar-refractivity contribution in [2.24, 2.45) is 5.41 Å². The quantitative estimate of drug-likeness (QED) is 0.737. The van der Waals surface area contributed by atoms with Crippen molar-refractivity contribution in [3.63, 3.8) is 0 Å². The Morgan fingerprint density at radius 1 is 1.00 bits per heavy atom. The van der Waals surface area contributed by atoms with E-state index in [9.17, 15) is 9.59 Å². The average Bonchev–Trinajstić information content (AvgIpc) is 3.09. The third-order valence-electron chi connectivity index (χ3n) is 4.90. The maximum Gasteiger partial charge on any atom is 0.225 e. The van der Waals surface area contributed by atoms with E-state index in [1.54, 1.807) is 0 Å². The lowest BCUT2D eigenvalue weighted by Crippen LogP contribution is -2.35. The molecule has 2 aromatic carbocycles. The summed E-state index contributed by atoms with van der Waals surface area (Å²) in [6, 6.07) is 16.3. The fourth-order valence-corrected chi connectivity index (χ4v) is 3.33. The van der Waals surface area contributed by atoms with E-state index >= 15 is 0 Å². The predicted molar refractivity (Wildman–Crippen MR) is 114 cm³/mol. The van der Waals surface area contributed by atoms with Crippen molar-refractivity contribution in [3.05, 3.63) is 54.1 Å². The third-order valence-corrected chi connectivity index (χ3v) is 4.90. The molecule has 0 bridgehead atoms. The molecule has 0 unspecified atom stereocenters. The summed E-state index contributed by atoms with van der Waals surface area (Å²) in [6.07, 6.45) is 1.99. The lowest BCUT2D eigenvalue weighted by Gasteiger charge is -2.23. The smallest absolute Gasteiger partial charge is 0.225 e. The van der Waals surface area contributed by atoms with Crippen molar-refractivity contribution in [1.29, 1.82) is 0 Å². The van der Waals surface area contributed by atoms with Crippen LogP contribution in [-0.4, -0.2) is 24.9 Å². The highest BCUT2D eigenvalue weighted by Gasteiger charge is 2.22. The molecule has 2 amide bonds. The van der Waals surface area contributed by atoms with E-state index in [1.165, 1.54) is 11.3 Å². The summed E-state index contributed by atoms with van der Waals surface area (Å²) in [5, 5.41) is 5.93. The molecule has 5 nitrogen and oxygen atoms in total. The largest absolute Gasteiger partial charge is 0.356 e. The number of nitrogens with one attached hydrogen (secondary N) is 2. The van der Waals surface area contributed by atoms with Crippen LogP contribution >= 0.6 is 0 Å². The molecule has 0 saturated carbocycles. The first-order valence-electron chi connectivity index (χ1n) is 9.89. The van der Waals surface area contributed by atoms with Gasteiger partial charge in [0.15, 0.2) is 0 Å². The molecule has 0 fully saturated rings. The van der Waals surface area contributed by atoms with Crippen LogP contribution in [0.4, 0.5) is 17.1 Å². The molecule has 5 heteroatoms. The van der Waals surface area contributed by atoms with Crippen molar-refractivity contribution >= 4 is 28.9 Å². The monoisotopic (exact) mass is 379 g/mol. The topological polar surface area (TPSA) is 61.4 Å². The molecule has 0 aromatic heterocycles. The van der Waals surface area contributed by atoms with E-state index < -0.39 is 5.41 Å². The lowest BCUT2D eigenvalue weighted by molar-refractivity contribution is -0.128. The highest BCUT2D eigenvalue weighted by Crippen LogP contribution is 2.38. The maximum atomic E-state index is 12.4. The van der Waals surface area contributed by atoms with Crippen molar-refractivity contribution in [3.8, 4) is 0 Å². The van der Waals surface area contributed by atoms with E-state index in [0.717, 1.165) is 24.3 Å². The second-order valence-electron chi connectivity index (χ2n) is 8.21. The molecule has 2 aromatic rings. The first-order chi connectivity index (χ1) is 13.4. The lowest BCUT2D eigenvalue weighted by atomic mass is 9.96. The van der Waals surface area contributed by atoms with Crippen molar-refractivity contribution < 1.29 is 9.59 Å². The number of hydrogen-bond donors (Lipinski definition) is 2. The molecule has 3 rings (SSSR count). The maximum absolute atomic E-state index is 12.4. The van der Waals surface area contributed by atoms with Gasteiger partial charge in [-0.3, -0.25) is 9.59 Å². The fourth-order valence-electron chi connectivity index (χ4n) is 3.33. The van der Waals surface area contributed by atoms with E-state index in [2.05, 4.69) is 33.7 Å². The van der Waals surface area contributed by atoms with Gasteiger partial charge in [-0.25, -0.2) is 0 Å². The van der Waals surface area contributed by atoms with Gasteiger partial charge in [0.25, 0.3) is 0 Å². The van der Waals surface area contributed by atoms with Crippen LogP contribution in [0.3, 0.4) is 0 Å². The number of benzene rings is 2. The van der Waals surface area contributed by atoms with Gasteiger partial charge in [-0.1, -0.05) is 51.1 Å². The molecular weight excluding hydrogens is 350 g/mol. The van der Waals surface area contributed by atoms with Gasteiger partial charge in [-0.05, 0) is 36.6 Å². The van der Waals surface area contributed by atoms with Gasteiger partial charge in [0.2, 0.25) is 11.8 Å². The summed E-state index contributed by atoms with van der Waals surface area (Å²) < 4.78 is 0.